The molecule has 0 radical (unpaired) electrons. The van der Waals surface area contributed by atoms with Gasteiger partial charge in [0.25, 0.3) is 0 Å². The minimum absolute atomic E-state index is 0.480. The first-order chi connectivity index (χ1) is 6.27. The molecule has 0 bridgehead atoms. The van der Waals surface area contributed by atoms with Gasteiger partial charge in [-0.3, -0.25) is 5.26 Å². The van der Waals surface area contributed by atoms with Crippen LogP contribution in [-0.4, -0.2) is 17.1 Å². The molecule has 0 saturated carbocycles. The molecule has 0 aliphatic carbocycles. The summed E-state index contributed by atoms with van der Waals surface area (Å²) in [6.45, 7) is 2.62. The lowest BCUT2D eigenvalue weighted by molar-refractivity contribution is -0.242. The van der Waals surface area contributed by atoms with Crippen LogP contribution in [0.4, 0.5) is 0 Å². The third-order valence-electron chi connectivity index (χ3n) is 2.11. The molecule has 0 aliphatic heterocycles. The SMILES string of the molecule is CC(S)CCCCCCCCOO. The van der Waals surface area contributed by atoms with Crippen molar-refractivity contribution in [3.63, 3.8) is 0 Å². The third kappa shape index (κ3) is 12.3. The quantitative estimate of drug-likeness (QED) is 0.261. The van der Waals surface area contributed by atoms with Gasteiger partial charge >= 0.3 is 0 Å². The summed E-state index contributed by atoms with van der Waals surface area (Å²) in [6.07, 6.45) is 8.52. The van der Waals surface area contributed by atoms with Crippen LogP contribution in [0.15, 0.2) is 0 Å². The normalized spacial score (nSPS) is 13.2. The number of hydrogen-bond acceptors (Lipinski definition) is 3. The van der Waals surface area contributed by atoms with E-state index in [-0.39, 0.29) is 0 Å². The molecule has 0 spiro atoms. The highest BCUT2D eigenvalue weighted by molar-refractivity contribution is 7.80. The molecule has 3 heteroatoms. The van der Waals surface area contributed by atoms with Crippen molar-refractivity contribution in [3.05, 3.63) is 0 Å². The Morgan fingerprint density at radius 2 is 1.62 bits per heavy atom. The van der Waals surface area contributed by atoms with Crippen LogP contribution in [0, 0.1) is 0 Å². The lowest BCUT2D eigenvalue weighted by atomic mass is 10.1. The van der Waals surface area contributed by atoms with E-state index in [4.69, 9.17) is 5.26 Å². The molecule has 0 aromatic carbocycles. The van der Waals surface area contributed by atoms with Crippen LogP contribution >= 0.6 is 12.6 Å². The summed E-state index contributed by atoms with van der Waals surface area (Å²) in [4.78, 5) is 3.99. The number of hydrogen-bond donors (Lipinski definition) is 2. The zero-order chi connectivity index (χ0) is 9.94. The lowest BCUT2D eigenvalue weighted by Crippen LogP contribution is -1.91. The zero-order valence-corrected chi connectivity index (χ0v) is 9.43. The molecular weight excluding hydrogens is 184 g/mol. The van der Waals surface area contributed by atoms with Crippen molar-refractivity contribution < 1.29 is 10.1 Å². The molecule has 0 saturated heterocycles. The summed E-state index contributed by atoms with van der Waals surface area (Å²) < 4.78 is 0. The summed E-state index contributed by atoms with van der Waals surface area (Å²) in [5.74, 6) is 0. The van der Waals surface area contributed by atoms with Crippen molar-refractivity contribution in [1.82, 2.24) is 0 Å². The fraction of sp³-hybridized carbons (Fsp3) is 1.00. The molecule has 80 valence electrons. The molecule has 0 rings (SSSR count). The van der Waals surface area contributed by atoms with E-state index < -0.39 is 0 Å². The maximum absolute atomic E-state index is 8.06. The fourth-order valence-electron chi connectivity index (χ4n) is 1.31. The molecule has 0 heterocycles. The van der Waals surface area contributed by atoms with Gasteiger partial charge in [-0.25, -0.2) is 4.89 Å². The summed E-state index contributed by atoms with van der Waals surface area (Å²) in [5.41, 5.74) is 0. The minimum Gasteiger partial charge on any atom is -0.252 e. The first kappa shape index (κ1) is 13.3. The first-order valence-electron chi connectivity index (χ1n) is 5.22. The van der Waals surface area contributed by atoms with Gasteiger partial charge in [0.1, 0.15) is 0 Å². The summed E-state index contributed by atoms with van der Waals surface area (Å²) in [6, 6.07) is 0. The first-order valence-corrected chi connectivity index (χ1v) is 5.73. The molecule has 0 fully saturated rings. The predicted molar refractivity (Wildman–Crippen MR) is 59.3 cm³/mol. The standard InChI is InChI=1S/C10H22O2S/c1-10(13)8-6-4-2-3-5-7-9-12-11/h10-11,13H,2-9H2,1H3. The van der Waals surface area contributed by atoms with Gasteiger partial charge in [-0.2, -0.15) is 12.6 Å². The zero-order valence-electron chi connectivity index (χ0n) is 8.54. The maximum atomic E-state index is 8.06. The molecular formula is C10H22O2S. The van der Waals surface area contributed by atoms with Gasteiger partial charge in [0, 0.05) is 0 Å². The molecule has 0 aromatic heterocycles. The molecule has 2 nitrogen and oxygen atoms in total. The number of rotatable bonds is 9. The lowest BCUT2D eigenvalue weighted by Gasteiger charge is -2.03. The molecule has 1 atom stereocenters. The highest BCUT2D eigenvalue weighted by atomic mass is 32.1. The van der Waals surface area contributed by atoms with Crippen LogP contribution in [0.5, 0.6) is 0 Å². The van der Waals surface area contributed by atoms with E-state index in [1.807, 2.05) is 0 Å². The van der Waals surface area contributed by atoms with Gasteiger partial charge in [-0.1, -0.05) is 39.0 Å². The van der Waals surface area contributed by atoms with Gasteiger partial charge in [0.15, 0.2) is 0 Å². The van der Waals surface area contributed by atoms with Crippen molar-refractivity contribution in [2.45, 2.75) is 57.1 Å². The Balaban J connectivity index is 2.84. The molecule has 1 unspecified atom stereocenters. The van der Waals surface area contributed by atoms with Gasteiger partial charge < -0.3 is 0 Å². The van der Waals surface area contributed by atoms with E-state index in [0.717, 1.165) is 12.8 Å². The summed E-state index contributed by atoms with van der Waals surface area (Å²) >= 11 is 4.32. The van der Waals surface area contributed by atoms with Gasteiger partial charge in [0.05, 0.1) is 6.61 Å². The molecule has 0 aromatic rings. The van der Waals surface area contributed by atoms with Crippen molar-refractivity contribution in [2.24, 2.45) is 0 Å². The summed E-state index contributed by atoms with van der Waals surface area (Å²) in [7, 11) is 0. The van der Waals surface area contributed by atoms with Crippen LogP contribution in [0.1, 0.15) is 51.9 Å². The Morgan fingerprint density at radius 1 is 1.08 bits per heavy atom. The molecule has 1 N–H and O–H groups in total. The van der Waals surface area contributed by atoms with Crippen molar-refractivity contribution in [3.8, 4) is 0 Å². The van der Waals surface area contributed by atoms with Crippen molar-refractivity contribution in [2.75, 3.05) is 6.61 Å². The fourth-order valence-corrected chi connectivity index (χ4v) is 1.50. The Morgan fingerprint density at radius 3 is 2.15 bits per heavy atom. The van der Waals surface area contributed by atoms with E-state index in [9.17, 15) is 0 Å². The Labute approximate surface area is 87.0 Å². The molecule has 13 heavy (non-hydrogen) atoms. The van der Waals surface area contributed by atoms with E-state index in [1.165, 1.54) is 32.1 Å². The van der Waals surface area contributed by atoms with E-state index in [2.05, 4.69) is 24.4 Å². The van der Waals surface area contributed by atoms with E-state index >= 15 is 0 Å². The number of thiol groups is 1. The van der Waals surface area contributed by atoms with Gasteiger partial charge in [-0.15, -0.1) is 0 Å². The molecule has 0 aliphatic rings. The van der Waals surface area contributed by atoms with Crippen LogP contribution in [0.25, 0.3) is 0 Å². The minimum atomic E-state index is 0.480. The largest absolute Gasteiger partial charge is 0.252 e. The second kappa shape index (κ2) is 10.4. The van der Waals surface area contributed by atoms with Crippen LogP contribution in [-0.2, 0) is 4.89 Å². The van der Waals surface area contributed by atoms with Crippen LogP contribution in [0.3, 0.4) is 0 Å². The highest BCUT2D eigenvalue weighted by Gasteiger charge is 1.95. The number of unbranched alkanes of at least 4 members (excludes halogenated alkanes) is 5. The Bertz CT molecular complexity index is 96.9. The van der Waals surface area contributed by atoms with Crippen LogP contribution < -0.4 is 0 Å². The highest BCUT2D eigenvalue weighted by Crippen LogP contribution is 2.10. The topological polar surface area (TPSA) is 29.5 Å². The van der Waals surface area contributed by atoms with Crippen molar-refractivity contribution in [1.29, 1.82) is 0 Å². The van der Waals surface area contributed by atoms with E-state index in [1.54, 1.807) is 0 Å². The molecule has 0 amide bonds. The Kier molecular flexibility index (Phi) is 10.6. The van der Waals surface area contributed by atoms with Gasteiger partial charge in [0.2, 0.25) is 0 Å². The van der Waals surface area contributed by atoms with E-state index in [0.29, 0.717) is 11.9 Å². The van der Waals surface area contributed by atoms with Gasteiger partial charge in [-0.05, 0) is 18.1 Å². The summed E-state index contributed by atoms with van der Waals surface area (Å²) in [5, 5.41) is 8.60. The predicted octanol–water partition coefficient (Wildman–Crippen LogP) is 3.53. The van der Waals surface area contributed by atoms with Crippen LogP contribution in [0.2, 0.25) is 0 Å². The Hall–Kier alpha value is 0.270. The average molecular weight is 206 g/mol. The second-order valence-electron chi connectivity index (χ2n) is 3.59. The average Bonchev–Trinajstić information content (AvgIpc) is 2.09. The maximum Gasteiger partial charge on any atom is 0.0819 e. The monoisotopic (exact) mass is 206 g/mol. The third-order valence-corrected chi connectivity index (χ3v) is 2.37. The smallest absolute Gasteiger partial charge is 0.0819 e. The second-order valence-corrected chi connectivity index (χ2v) is 4.47. The van der Waals surface area contributed by atoms with Crippen molar-refractivity contribution >= 4 is 12.6 Å².